The molecule has 0 aromatic heterocycles. The fourth-order valence-electron chi connectivity index (χ4n) is 4.86. The maximum Gasteiger partial charge on any atom is 0.338 e. The number of carbonyl (C=O) groups excluding carboxylic acids is 1. The van der Waals surface area contributed by atoms with Gasteiger partial charge in [-0.1, -0.05) is 0 Å². The van der Waals surface area contributed by atoms with Crippen molar-refractivity contribution in [3.8, 4) is 11.5 Å². The van der Waals surface area contributed by atoms with Gasteiger partial charge in [0.1, 0.15) is 6.10 Å². The van der Waals surface area contributed by atoms with Gasteiger partial charge >= 0.3 is 5.97 Å². The van der Waals surface area contributed by atoms with Gasteiger partial charge in [0.05, 0.1) is 11.7 Å². The zero-order valence-corrected chi connectivity index (χ0v) is 12.9. The number of hydrogen-bond acceptors (Lipinski definition) is 6. The highest BCUT2D eigenvalue weighted by Gasteiger charge is 2.53. The normalized spacial score (nSPS) is 37.8. The molecule has 23 heavy (non-hydrogen) atoms. The predicted octanol–water partition coefficient (Wildman–Crippen LogP) is 1.12. The van der Waals surface area contributed by atoms with Crippen LogP contribution in [0.5, 0.6) is 11.5 Å². The summed E-state index contributed by atoms with van der Waals surface area (Å²) in [5, 5.41) is 10.5. The molecule has 0 radical (unpaired) electrons. The van der Waals surface area contributed by atoms with Crippen LogP contribution < -0.4 is 9.47 Å². The lowest BCUT2D eigenvalue weighted by Gasteiger charge is -2.47. The molecule has 0 bridgehead atoms. The van der Waals surface area contributed by atoms with Gasteiger partial charge in [0, 0.05) is 12.0 Å². The Bertz CT molecular complexity index is 690. The van der Waals surface area contributed by atoms with Crippen LogP contribution >= 0.6 is 0 Å². The molecular weight excluding hydrogens is 298 g/mol. The van der Waals surface area contributed by atoms with Crippen LogP contribution in [-0.2, 0) is 4.74 Å². The van der Waals surface area contributed by atoms with E-state index in [-0.39, 0.29) is 24.7 Å². The number of rotatable bonds is 0. The van der Waals surface area contributed by atoms with E-state index in [1.165, 1.54) is 0 Å². The minimum Gasteiger partial charge on any atom is -0.455 e. The van der Waals surface area contributed by atoms with Gasteiger partial charge in [0.15, 0.2) is 11.5 Å². The molecule has 1 saturated carbocycles. The average Bonchev–Trinajstić information content (AvgIpc) is 3.13. The van der Waals surface area contributed by atoms with E-state index in [4.69, 9.17) is 14.2 Å². The summed E-state index contributed by atoms with van der Waals surface area (Å²) in [6.45, 7) is 1.19. The zero-order valence-electron chi connectivity index (χ0n) is 12.9. The second-order valence-corrected chi connectivity index (χ2v) is 7.01. The lowest BCUT2D eigenvalue weighted by atomic mass is 9.69. The topological polar surface area (TPSA) is 68.2 Å². The molecule has 0 spiro atoms. The molecule has 4 aliphatic rings. The van der Waals surface area contributed by atoms with Crippen LogP contribution in [0.3, 0.4) is 0 Å². The van der Waals surface area contributed by atoms with E-state index in [2.05, 4.69) is 11.9 Å². The van der Waals surface area contributed by atoms with Crippen LogP contribution in [0.1, 0.15) is 34.7 Å². The number of likely N-dealkylation sites (tertiary alicyclic amines) is 1. The Morgan fingerprint density at radius 3 is 2.87 bits per heavy atom. The molecule has 122 valence electrons. The third kappa shape index (κ3) is 1.79. The molecular formula is C17H19NO5. The van der Waals surface area contributed by atoms with Crippen molar-refractivity contribution >= 4 is 5.97 Å². The fourth-order valence-corrected chi connectivity index (χ4v) is 4.86. The number of nitrogens with zero attached hydrogens (tertiary/aromatic N) is 1. The highest BCUT2D eigenvalue weighted by atomic mass is 16.7. The molecule has 2 fully saturated rings. The van der Waals surface area contributed by atoms with E-state index in [1.54, 1.807) is 6.07 Å². The number of fused-ring (bicyclic) bond motifs is 6. The molecule has 1 aliphatic carbocycles. The molecule has 1 N–H and O–H groups in total. The van der Waals surface area contributed by atoms with E-state index in [9.17, 15) is 9.90 Å². The summed E-state index contributed by atoms with van der Waals surface area (Å²) < 4.78 is 16.5. The van der Waals surface area contributed by atoms with Crippen LogP contribution in [0.4, 0.5) is 0 Å². The first-order chi connectivity index (χ1) is 11.1. The Labute approximate surface area is 133 Å². The first-order valence-corrected chi connectivity index (χ1v) is 8.16. The Hall–Kier alpha value is -1.79. The molecule has 6 heteroatoms. The van der Waals surface area contributed by atoms with Crippen LogP contribution in [-0.4, -0.2) is 54.6 Å². The Morgan fingerprint density at radius 1 is 1.26 bits per heavy atom. The largest absolute Gasteiger partial charge is 0.455 e. The highest BCUT2D eigenvalue weighted by molar-refractivity contribution is 5.94. The summed E-state index contributed by atoms with van der Waals surface area (Å²) in [7, 11) is 2.11. The maximum absolute atomic E-state index is 12.4. The molecule has 5 atom stereocenters. The van der Waals surface area contributed by atoms with Gasteiger partial charge in [0.2, 0.25) is 6.79 Å². The minimum absolute atomic E-state index is 0.0153. The van der Waals surface area contributed by atoms with Crippen molar-refractivity contribution in [1.82, 2.24) is 4.90 Å². The van der Waals surface area contributed by atoms with E-state index in [0.29, 0.717) is 29.4 Å². The number of ether oxygens (including phenoxy) is 3. The summed E-state index contributed by atoms with van der Waals surface area (Å²) in [4.78, 5) is 14.8. The van der Waals surface area contributed by atoms with Gasteiger partial charge in [-0.2, -0.15) is 0 Å². The van der Waals surface area contributed by atoms with Gasteiger partial charge in [-0.15, -0.1) is 0 Å². The van der Waals surface area contributed by atoms with Crippen LogP contribution in [0, 0.1) is 5.92 Å². The van der Waals surface area contributed by atoms with Crippen molar-refractivity contribution in [2.45, 2.75) is 37.0 Å². The number of likely N-dealkylation sites (N-methyl/N-ethyl adjacent to an activating group) is 1. The molecule has 1 saturated heterocycles. The van der Waals surface area contributed by atoms with Crippen molar-refractivity contribution in [3.05, 3.63) is 23.3 Å². The highest BCUT2D eigenvalue weighted by Crippen LogP contribution is 2.50. The second-order valence-electron chi connectivity index (χ2n) is 7.01. The standard InChI is InChI=1S/C17H19NO5/c1-18-3-2-8-4-11(19)16-14(15(8)18)9-5-12-13(22-7-21-12)6-10(9)17(20)23-16/h5-6,8,11,14-16,19H,2-4,7H2,1H3/t8-,11?,14+,15-,16-/m0/s1. The van der Waals surface area contributed by atoms with Crippen LogP contribution in [0.25, 0.3) is 0 Å². The zero-order chi connectivity index (χ0) is 15.7. The van der Waals surface area contributed by atoms with Crippen LogP contribution in [0.2, 0.25) is 0 Å². The molecule has 0 amide bonds. The third-order valence-corrected chi connectivity index (χ3v) is 5.86. The van der Waals surface area contributed by atoms with Crippen molar-refractivity contribution in [1.29, 1.82) is 0 Å². The quantitative estimate of drug-likeness (QED) is 0.723. The number of aliphatic hydroxyl groups excluding tert-OH is 1. The summed E-state index contributed by atoms with van der Waals surface area (Å²) in [6.07, 6.45) is 0.700. The van der Waals surface area contributed by atoms with Gasteiger partial charge in [0.25, 0.3) is 0 Å². The number of benzene rings is 1. The fraction of sp³-hybridized carbons (Fsp3) is 0.588. The van der Waals surface area contributed by atoms with Crippen molar-refractivity contribution < 1.29 is 24.1 Å². The van der Waals surface area contributed by atoms with Crippen LogP contribution in [0.15, 0.2) is 12.1 Å². The molecule has 1 aromatic carbocycles. The Morgan fingerprint density at radius 2 is 2.04 bits per heavy atom. The summed E-state index contributed by atoms with van der Waals surface area (Å²) in [5.74, 6) is 1.31. The minimum atomic E-state index is -0.602. The van der Waals surface area contributed by atoms with E-state index in [0.717, 1.165) is 18.5 Å². The first kappa shape index (κ1) is 13.6. The SMILES string of the molecule is CN1CC[C@H]2CC(O)[C@@H]3OC(=O)c4cc5c(cc4[C@@H]3[C@H]21)OCO5. The molecule has 3 aliphatic heterocycles. The molecule has 5 rings (SSSR count). The van der Waals surface area contributed by atoms with Gasteiger partial charge in [-0.05, 0) is 50.0 Å². The number of esters is 1. The van der Waals surface area contributed by atoms with E-state index in [1.807, 2.05) is 6.07 Å². The maximum atomic E-state index is 12.4. The summed E-state index contributed by atoms with van der Waals surface area (Å²) in [6, 6.07) is 3.92. The molecule has 1 unspecified atom stereocenters. The second kappa shape index (κ2) is 4.61. The number of aliphatic hydroxyl groups is 1. The first-order valence-electron chi connectivity index (χ1n) is 8.16. The van der Waals surface area contributed by atoms with Gasteiger partial charge < -0.3 is 24.2 Å². The average molecular weight is 317 g/mol. The smallest absolute Gasteiger partial charge is 0.338 e. The van der Waals surface area contributed by atoms with E-state index < -0.39 is 12.2 Å². The lowest BCUT2D eigenvalue weighted by Crippen LogP contribution is -2.54. The van der Waals surface area contributed by atoms with Gasteiger partial charge in [-0.3, -0.25) is 0 Å². The summed E-state index contributed by atoms with van der Waals surface area (Å²) in [5.41, 5.74) is 1.47. The molecule has 6 nitrogen and oxygen atoms in total. The lowest BCUT2D eigenvalue weighted by molar-refractivity contribution is -0.0778. The van der Waals surface area contributed by atoms with Gasteiger partial charge in [-0.25, -0.2) is 4.79 Å². The predicted molar refractivity (Wildman–Crippen MR) is 79.7 cm³/mol. The van der Waals surface area contributed by atoms with E-state index >= 15 is 0 Å². The summed E-state index contributed by atoms with van der Waals surface area (Å²) >= 11 is 0. The Balaban J connectivity index is 1.68. The van der Waals surface area contributed by atoms with Crippen molar-refractivity contribution in [2.75, 3.05) is 20.4 Å². The van der Waals surface area contributed by atoms with Crippen molar-refractivity contribution in [3.63, 3.8) is 0 Å². The number of hydrogen-bond donors (Lipinski definition) is 1. The Kier molecular flexibility index (Phi) is 2.73. The van der Waals surface area contributed by atoms with Crippen molar-refractivity contribution in [2.24, 2.45) is 5.92 Å². The molecule has 3 heterocycles. The number of carbonyl (C=O) groups is 1. The molecule has 1 aromatic rings. The monoisotopic (exact) mass is 317 g/mol. The third-order valence-electron chi connectivity index (χ3n) is 5.86.